The number of fused-ring (bicyclic) bond motifs is 6. The molecular formula is C20H13Cl3N2O. The van der Waals surface area contributed by atoms with Gasteiger partial charge in [-0.2, -0.15) is 0 Å². The van der Waals surface area contributed by atoms with Crippen LogP contribution < -0.4 is 4.74 Å². The number of halogens is 3. The molecule has 0 aliphatic carbocycles. The first-order valence-electron chi connectivity index (χ1n) is 7.92. The van der Waals surface area contributed by atoms with Crippen molar-refractivity contribution in [2.24, 2.45) is 0 Å². The van der Waals surface area contributed by atoms with Gasteiger partial charge in [0, 0.05) is 26.9 Å². The molecule has 0 atom stereocenters. The van der Waals surface area contributed by atoms with Gasteiger partial charge in [0.1, 0.15) is 12.4 Å². The minimum absolute atomic E-state index is 0. The van der Waals surface area contributed by atoms with Crippen molar-refractivity contribution in [3.8, 4) is 17.0 Å². The molecule has 4 aromatic rings. The van der Waals surface area contributed by atoms with Crippen molar-refractivity contribution in [2.75, 3.05) is 0 Å². The topological polar surface area (TPSA) is 35.0 Å². The van der Waals surface area contributed by atoms with Crippen molar-refractivity contribution >= 4 is 57.4 Å². The number of hydrogen-bond acceptors (Lipinski definition) is 3. The lowest BCUT2D eigenvalue weighted by atomic mass is 9.94. The van der Waals surface area contributed by atoms with Gasteiger partial charge < -0.3 is 4.74 Å². The Hall–Kier alpha value is -2.07. The van der Waals surface area contributed by atoms with Crippen LogP contribution in [-0.2, 0) is 6.61 Å². The highest BCUT2D eigenvalue weighted by Gasteiger charge is 2.25. The SMILES string of the molecule is Cc1c2c(nc3cnc4ccccc4c13)-c1cc(Cl)cc(Cl)c1OC2.Cl. The van der Waals surface area contributed by atoms with E-state index in [-0.39, 0.29) is 12.4 Å². The molecule has 130 valence electrons. The molecule has 0 bridgehead atoms. The van der Waals surface area contributed by atoms with Crippen molar-refractivity contribution in [1.82, 2.24) is 9.97 Å². The second-order valence-corrected chi connectivity index (χ2v) is 7.00. The molecule has 2 aromatic heterocycles. The number of ether oxygens (including phenoxy) is 1. The minimum Gasteiger partial charge on any atom is -0.487 e. The fraction of sp³-hybridized carbons (Fsp3) is 0.100. The van der Waals surface area contributed by atoms with E-state index in [1.54, 1.807) is 6.07 Å². The summed E-state index contributed by atoms with van der Waals surface area (Å²) in [6.07, 6.45) is 1.83. The Bertz CT molecular complexity index is 1190. The normalized spacial score (nSPS) is 12.3. The van der Waals surface area contributed by atoms with Crippen molar-refractivity contribution in [2.45, 2.75) is 13.5 Å². The van der Waals surface area contributed by atoms with Gasteiger partial charge in [0.2, 0.25) is 0 Å². The van der Waals surface area contributed by atoms with E-state index in [9.17, 15) is 0 Å². The van der Waals surface area contributed by atoms with Crippen molar-refractivity contribution in [1.29, 1.82) is 0 Å². The zero-order valence-corrected chi connectivity index (χ0v) is 16.0. The van der Waals surface area contributed by atoms with Crippen LogP contribution in [0.25, 0.3) is 33.1 Å². The number of hydrogen-bond donors (Lipinski definition) is 0. The summed E-state index contributed by atoms with van der Waals surface area (Å²) in [4.78, 5) is 9.44. The smallest absolute Gasteiger partial charge is 0.147 e. The molecule has 1 aliphatic heterocycles. The standard InChI is InChI=1S/C20H12Cl2N2O.ClH/c1-10-14-9-25-20-13(6-11(21)7-15(20)22)19(14)24-17-8-23-16-5-3-2-4-12(16)18(10)17;/h2-8H,9H2,1H3;1H. The van der Waals surface area contributed by atoms with Crippen LogP contribution in [0.4, 0.5) is 0 Å². The molecule has 3 heterocycles. The van der Waals surface area contributed by atoms with Crippen molar-refractivity contribution < 1.29 is 4.74 Å². The number of aryl methyl sites for hydroxylation is 1. The van der Waals surface area contributed by atoms with E-state index in [2.05, 4.69) is 18.0 Å². The van der Waals surface area contributed by atoms with Crippen molar-refractivity contribution in [3.05, 3.63) is 63.8 Å². The zero-order chi connectivity index (χ0) is 17.1. The first-order valence-corrected chi connectivity index (χ1v) is 8.68. The predicted molar refractivity (Wildman–Crippen MR) is 109 cm³/mol. The number of rotatable bonds is 0. The molecule has 1 aliphatic rings. The highest BCUT2D eigenvalue weighted by Crippen LogP contribution is 2.45. The lowest BCUT2D eigenvalue weighted by Crippen LogP contribution is -2.10. The first kappa shape index (κ1) is 17.3. The fourth-order valence-corrected chi connectivity index (χ4v) is 4.10. The average molecular weight is 404 g/mol. The molecule has 0 radical (unpaired) electrons. The van der Waals surface area contributed by atoms with Gasteiger partial charge in [-0.1, -0.05) is 41.4 Å². The second-order valence-electron chi connectivity index (χ2n) is 6.15. The van der Waals surface area contributed by atoms with Gasteiger partial charge in [0.15, 0.2) is 0 Å². The van der Waals surface area contributed by atoms with Gasteiger partial charge in [-0.25, -0.2) is 4.98 Å². The van der Waals surface area contributed by atoms with Crippen LogP contribution in [0, 0.1) is 6.92 Å². The van der Waals surface area contributed by atoms with Crippen LogP contribution in [0.2, 0.25) is 10.0 Å². The number of para-hydroxylation sites is 1. The molecule has 0 saturated heterocycles. The molecule has 0 saturated carbocycles. The Morgan fingerprint density at radius 3 is 2.73 bits per heavy atom. The lowest BCUT2D eigenvalue weighted by molar-refractivity contribution is 0.301. The largest absolute Gasteiger partial charge is 0.487 e. The molecule has 26 heavy (non-hydrogen) atoms. The summed E-state index contributed by atoms with van der Waals surface area (Å²) in [5, 5.41) is 3.29. The Morgan fingerprint density at radius 2 is 1.88 bits per heavy atom. The van der Waals surface area contributed by atoms with E-state index < -0.39 is 0 Å². The van der Waals surface area contributed by atoms with Gasteiger partial charge in [-0.05, 0) is 30.7 Å². The maximum atomic E-state index is 6.30. The van der Waals surface area contributed by atoms with Crippen LogP contribution in [0.3, 0.4) is 0 Å². The Labute approximate surface area is 166 Å². The molecule has 6 heteroatoms. The van der Waals surface area contributed by atoms with Gasteiger partial charge >= 0.3 is 0 Å². The molecule has 0 fully saturated rings. The molecule has 5 rings (SSSR count). The lowest BCUT2D eigenvalue weighted by Gasteiger charge is -2.24. The number of nitrogens with zero attached hydrogens (tertiary/aromatic N) is 2. The zero-order valence-electron chi connectivity index (χ0n) is 13.7. The maximum Gasteiger partial charge on any atom is 0.147 e. The third-order valence-corrected chi connectivity index (χ3v) is 5.22. The fourth-order valence-electron chi connectivity index (χ4n) is 3.55. The minimum atomic E-state index is 0. The summed E-state index contributed by atoms with van der Waals surface area (Å²) < 4.78 is 5.93. The van der Waals surface area contributed by atoms with Gasteiger partial charge in [-0.3, -0.25) is 4.98 Å². The Kier molecular flexibility index (Phi) is 4.19. The monoisotopic (exact) mass is 402 g/mol. The van der Waals surface area contributed by atoms with Crippen molar-refractivity contribution in [3.63, 3.8) is 0 Å². The van der Waals surface area contributed by atoms with E-state index >= 15 is 0 Å². The average Bonchev–Trinajstić information content (AvgIpc) is 2.61. The number of aromatic nitrogens is 2. The van der Waals surface area contributed by atoms with Crippen LogP contribution in [-0.4, -0.2) is 9.97 Å². The summed E-state index contributed by atoms with van der Waals surface area (Å²) >= 11 is 12.5. The summed E-state index contributed by atoms with van der Waals surface area (Å²) in [6.45, 7) is 2.55. The van der Waals surface area contributed by atoms with E-state index in [0.717, 1.165) is 44.2 Å². The third-order valence-electron chi connectivity index (χ3n) is 4.73. The highest BCUT2D eigenvalue weighted by atomic mass is 35.5. The Balaban J connectivity index is 0.00000168. The van der Waals surface area contributed by atoms with Crippen LogP contribution in [0.1, 0.15) is 11.1 Å². The molecule has 0 amide bonds. The Morgan fingerprint density at radius 1 is 1.08 bits per heavy atom. The van der Waals surface area contributed by atoms with Gasteiger partial charge in [0.25, 0.3) is 0 Å². The van der Waals surface area contributed by atoms with E-state index in [4.69, 9.17) is 32.9 Å². The molecule has 0 N–H and O–H groups in total. The summed E-state index contributed by atoms with van der Waals surface area (Å²) in [5.41, 5.74) is 5.74. The van der Waals surface area contributed by atoms with E-state index in [1.165, 1.54) is 0 Å². The van der Waals surface area contributed by atoms with Gasteiger partial charge in [0.05, 0.1) is 27.9 Å². The second kappa shape index (κ2) is 6.27. The van der Waals surface area contributed by atoms with Crippen LogP contribution >= 0.6 is 35.6 Å². The van der Waals surface area contributed by atoms with E-state index in [1.807, 2.05) is 30.5 Å². The molecule has 2 aromatic carbocycles. The molecule has 0 unspecified atom stereocenters. The number of pyridine rings is 2. The summed E-state index contributed by atoms with van der Waals surface area (Å²) in [5.74, 6) is 0.638. The van der Waals surface area contributed by atoms with Gasteiger partial charge in [-0.15, -0.1) is 12.4 Å². The number of benzene rings is 2. The predicted octanol–water partition coefficient (Wildman–Crippen LogP) is 6.38. The molecule has 3 nitrogen and oxygen atoms in total. The van der Waals surface area contributed by atoms with Crippen LogP contribution in [0.5, 0.6) is 5.75 Å². The third kappa shape index (κ3) is 2.43. The molecular weight excluding hydrogens is 391 g/mol. The quantitative estimate of drug-likeness (QED) is 0.320. The highest BCUT2D eigenvalue weighted by molar-refractivity contribution is 6.36. The maximum absolute atomic E-state index is 6.30. The van der Waals surface area contributed by atoms with Crippen LogP contribution in [0.15, 0.2) is 42.6 Å². The molecule has 0 spiro atoms. The van der Waals surface area contributed by atoms with E-state index in [0.29, 0.717) is 22.4 Å². The summed E-state index contributed by atoms with van der Waals surface area (Å²) in [6, 6.07) is 11.7. The summed E-state index contributed by atoms with van der Waals surface area (Å²) in [7, 11) is 0. The first-order chi connectivity index (χ1) is 12.1.